The molecule has 0 spiro atoms. The Bertz CT molecular complexity index is 858. The molecule has 4 rings (SSSR count). The van der Waals surface area contributed by atoms with Crippen molar-refractivity contribution in [3.63, 3.8) is 0 Å². The first-order valence-electron chi connectivity index (χ1n) is 7.97. The van der Waals surface area contributed by atoms with Crippen molar-refractivity contribution in [1.82, 2.24) is 0 Å². The molecule has 0 amide bonds. The third-order valence-corrected chi connectivity index (χ3v) is 4.27. The van der Waals surface area contributed by atoms with Gasteiger partial charge >= 0.3 is 0 Å². The van der Waals surface area contributed by atoms with Crippen molar-refractivity contribution >= 4 is 11.0 Å². The van der Waals surface area contributed by atoms with Gasteiger partial charge in [0, 0.05) is 11.3 Å². The lowest BCUT2D eigenvalue weighted by Gasteiger charge is -2.15. The standard InChI is InChI=1S/C22H18O/c1-3-9-17(10-4-1)15-20(18-11-5-2-6-12-18)22-16-19-13-7-8-14-21(19)23-22/h1-14,16,20H,15H2. The molecule has 1 nitrogen and oxygen atoms in total. The molecule has 3 aromatic carbocycles. The highest BCUT2D eigenvalue weighted by Gasteiger charge is 2.19. The molecule has 1 heteroatoms. The van der Waals surface area contributed by atoms with Gasteiger partial charge in [-0.3, -0.25) is 0 Å². The van der Waals surface area contributed by atoms with Crippen LogP contribution in [0.15, 0.2) is 95.4 Å². The molecular formula is C22H18O. The van der Waals surface area contributed by atoms with Crippen LogP contribution in [0.4, 0.5) is 0 Å². The van der Waals surface area contributed by atoms with Crippen LogP contribution in [0.3, 0.4) is 0 Å². The first-order valence-corrected chi connectivity index (χ1v) is 7.97. The summed E-state index contributed by atoms with van der Waals surface area (Å²) in [6, 6.07) is 31.6. The Hall–Kier alpha value is -2.80. The molecule has 0 bridgehead atoms. The number of benzene rings is 3. The SMILES string of the molecule is c1ccc(CC(c2ccccc2)c2cc3ccccc3o2)cc1. The maximum atomic E-state index is 6.16. The van der Waals surface area contributed by atoms with E-state index in [-0.39, 0.29) is 5.92 Å². The van der Waals surface area contributed by atoms with E-state index in [0.717, 1.165) is 23.2 Å². The number of rotatable bonds is 4. The van der Waals surface area contributed by atoms with E-state index in [4.69, 9.17) is 4.42 Å². The van der Waals surface area contributed by atoms with Gasteiger partial charge in [-0.05, 0) is 29.7 Å². The van der Waals surface area contributed by atoms with E-state index < -0.39 is 0 Å². The van der Waals surface area contributed by atoms with Gasteiger partial charge in [-0.15, -0.1) is 0 Å². The third kappa shape index (κ3) is 2.91. The molecule has 4 aromatic rings. The molecule has 1 heterocycles. The molecule has 0 fully saturated rings. The summed E-state index contributed by atoms with van der Waals surface area (Å²) in [7, 11) is 0. The van der Waals surface area contributed by atoms with E-state index in [2.05, 4.69) is 78.9 Å². The highest BCUT2D eigenvalue weighted by molar-refractivity contribution is 5.78. The average Bonchev–Trinajstić information content (AvgIpc) is 3.05. The molecule has 1 aromatic heterocycles. The monoisotopic (exact) mass is 298 g/mol. The van der Waals surface area contributed by atoms with Crippen LogP contribution in [-0.2, 0) is 6.42 Å². The molecule has 23 heavy (non-hydrogen) atoms. The predicted molar refractivity (Wildman–Crippen MR) is 94.6 cm³/mol. The van der Waals surface area contributed by atoms with Gasteiger partial charge in [0.25, 0.3) is 0 Å². The van der Waals surface area contributed by atoms with Crippen molar-refractivity contribution in [2.45, 2.75) is 12.3 Å². The minimum Gasteiger partial charge on any atom is -0.460 e. The fourth-order valence-electron chi connectivity index (χ4n) is 3.09. The van der Waals surface area contributed by atoms with Crippen LogP contribution < -0.4 is 0 Å². The molecule has 1 atom stereocenters. The molecule has 0 saturated heterocycles. The molecule has 1 unspecified atom stereocenters. The van der Waals surface area contributed by atoms with Crippen LogP contribution in [-0.4, -0.2) is 0 Å². The molecule has 0 aliphatic heterocycles. The van der Waals surface area contributed by atoms with Gasteiger partial charge in [-0.2, -0.15) is 0 Å². The van der Waals surface area contributed by atoms with Crippen molar-refractivity contribution in [1.29, 1.82) is 0 Å². The van der Waals surface area contributed by atoms with Crippen LogP contribution in [0, 0.1) is 0 Å². The van der Waals surface area contributed by atoms with Gasteiger partial charge < -0.3 is 4.42 Å². The molecule has 0 saturated carbocycles. The smallest absolute Gasteiger partial charge is 0.134 e. The highest BCUT2D eigenvalue weighted by Crippen LogP contribution is 2.32. The molecule has 0 aliphatic carbocycles. The molecule has 0 radical (unpaired) electrons. The van der Waals surface area contributed by atoms with E-state index >= 15 is 0 Å². The maximum Gasteiger partial charge on any atom is 0.134 e. The number of furan rings is 1. The Labute approximate surface area is 136 Å². The van der Waals surface area contributed by atoms with Crippen LogP contribution in [0.2, 0.25) is 0 Å². The highest BCUT2D eigenvalue weighted by atomic mass is 16.3. The minimum absolute atomic E-state index is 0.228. The van der Waals surface area contributed by atoms with E-state index in [1.165, 1.54) is 11.1 Å². The summed E-state index contributed by atoms with van der Waals surface area (Å²) in [6.07, 6.45) is 0.935. The van der Waals surface area contributed by atoms with Gasteiger partial charge in [0.1, 0.15) is 11.3 Å². The minimum atomic E-state index is 0.228. The van der Waals surface area contributed by atoms with Gasteiger partial charge in [0.05, 0.1) is 0 Å². The Morgan fingerprint density at radius 1 is 0.696 bits per heavy atom. The summed E-state index contributed by atoms with van der Waals surface area (Å²) in [5, 5.41) is 1.16. The number of hydrogen-bond donors (Lipinski definition) is 0. The summed E-state index contributed by atoms with van der Waals surface area (Å²) in [5.41, 5.74) is 3.56. The first kappa shape index (κ1) is 13.8. The predicted octanol–water partition coefficient (Wildman–Crippen LogP) is 5.81. The van der Waals surface area contributed by atoms with Crippen LogP contribution in [0.1, 0.15) is 22.8 Å². The zero-order chi connectivity index (χ0) is 15.5. The Morgan fingerprint density at radius 3 is 2.09 bits per heavy atom. The first-order chi connectivity index (χ1) is 11.4. The molecule has 112 valence electrons. The Kier molecular flexibility index (Phi) is 3.69. The summed E-state index contributed by atoms with van der Waals surface area (Å²) in [4.78, 5) is 0. The normalized spacial score (nSPS) is 12.3. The Balaban J connectivity index is 1.78. The van der Waals surface area contributed by atoms with Crippen molar-refractivity contribution in [3.8, 4) is 0 Å². The summed E-state index contributed by atoms with van der Waals surface area (Å²) in [5.74, 6) is 1.26. The zero-order valence-electron chi connectivity index (χ0n) is 12.9. The molecular weight excluding hydrogens is 280 g/mol. The largest absolute Gasteiger partial charge is 0.460 e. The topological polar surface area (TPSA) is 13.1 Å². The van der Waals surface area contributed by atoms with Crippen molar-refractivity contribution < 1.29 is 4.42 Å². The van der Waals surface area contributed by atoms with Gasteiger partial charge in [-0.25, -0.2) is 0 Å². The van der Waals surface area contributed by atoms with Gasteiger partial charge in [0.15, 0.2) is 0 Å². The molecule has 0 aliphatic rings. The van der Waals surface area contributed by atoms with Crippen molar-refractivity contribution in [3.05, 3.63) is 108 Å². The summed E-state index contributed by atoms with van der Waals surface area (Å²) >= 11 is 0. The number of hydrogen-bond acceptors (Lipinski definition) is 1. The maximum absolute atomic E-state index is 6.16. The fourth-order valence-corrected chi connectivity index (χ4v) is 3.09. The lowest BCUT2D eigenvalue weighted by Crippen LogP contribution is -2.03. The lowest BCUT2D eigenvalue weighted by atomic mass is 9.90. The fraction of sp³-hybridized carbons (Fsp3) is 0.0909. The second-order valence-electron chi connectivity index (χ2n) is 5.84. The van der Waals surface area contributed by atoms with Gasteiger partial charge in [-0.1, -0.05) is 78.9 Å². The second-order valence-corrected chi connectivity index (χ2v) is 5.84. The van der Waals surface area contributed by atoms with Crippen molar-refractivity contribution in [2.75, 3.05) is 0 Å². The summed E-state index contributed by atoms with van der Waals surface area (Å²) < 4.78 is 6.16. The average molecular weight is 298 g/mol. The van der Waals surface area contributed by atoms with E-state index in [1.807, 2.05) is 12.1 Å². The number of para-hydroxylation sites is 1. The lowest BCUT2D eigenvalue weighted by molar-refractivity contribution is 0.517. The van der Waals surface area contributed by atoms with E-state index in [1.54, 1.807) is 0 Å². The van der Waals surface area contributed by atoms with Crippen molar-refractivity contribution in [2.24, 2.45) is 0 Å². The van der Waals surface area contributed by atoms with Crippen LogP contribution >= 0.6 is 0 Å². The zero-order valence-corrected chi connectivity index (χ0v) is 12.9. The van der Waals surface area contributed by atoms with E-state index in [9.17, 15) is 0 Å². The second kappa shape index (κ2) is 6.13. The Morgan fingerprint density at radius 2 is 1.35 bits per heavy atom. The third-order valence-electron chi connectivity index (χ3n) is 4.27. The molecule has 0 N–H and O–H groups in total. The summed E-state index contributed by atoms with van der Waals surface area (Å²) in [6.45, 7) is 0. The van der Waals surface area contributed by atoms with Gasteiger partial charge in [0.2, 0.25) is 0 Å². The number of fused-ring (bicyclic) bond motifs is 1. The van der Waals surface area contributed by atoms with Crippen LogP contribution in [0.25, 0.3) is 11.0 Å². The van der Waals surface area contributed by atoms with E-state index in [0.29, 0.717) is 0 Å². The quantitative estimate of drug-likeness (QED) is 0.463. The van der Waals surface area contributed by atoms with Crippen LogP contribution in [0.5, 0.6) is 0 Å².